The summed E-state index contributed by atoms with van der Waals surface area (Å²) in [5, 5.41) is 0. The van der Waals surface area contributed by atoms with Crippen LogP contribution >= 0.6 is 0 Å². The number of para-hydroxylation sites is 2. The predicted octanol–water partition coefficient (Wildman–Crippen LogP) is 2.04. The summed E-state index contributed by atoms with van der Waals surface area (Å²) in [6.07, 6.45) is 0.324. The quantitative estimate of drug-likeness (QED) is 0.682. The highest BCUT2D eigenvalue weighted by Crippen LogP contribution is 2.26. The molecule has 0 saturated heterocycles. The molecule has 0 aliphatic carbocycles. The van der Waals surface area contributed by atoms with Crippen molar-refractivity contribution in [2.75, 3.05) is 32.2 Å². The van der Waals surface area contributed by atoms with Crippen molar-refractivity contribution in [3.63, 3.8) is 0 Å². The highest BCUT2D eigenvalue weighted by Gasteiger charge is 2.13. The van der Waals surface area contributed by atoms with E-state index in [4.69, 9.17) is 9.47 Å². The second-order valence-electron chi connectivity index (χ2n) is 4.37. The lowest BCUT2D eigenvalue weighted by Gasteiger charge is -2.20. The minimum absolute atomic E-state index is 0.00791. The van der Waals surface area contributed by atoms with E-state index in [0.29, 0.717) is 12.4 Å². The van der Waals surface area contributed by atoms with Crippen molar-refractivity contribution in [2.24, 2.45) is 0 Å². The summed E-state index contributed by atoms with van der Waals surface area (Å²) in [6.45, 7) is 2.32. The van der Waals surface area contributed by atoms with Crippen molar-refractivity contribution in [3.05, 3.63) is 24.3 Å². The molecule has 0 aliphatic rings. The number of hydrogen-bond acceptors (Lipinski definition) is 5. The Labute approximate surface area is 119 Å². The number of nitrogens with zero attached hydrogens (tertiary/aromatic N) is 1. The van der Waals surface area contributed by atoms with Crippen LogP contribution in [0.1, 0.15) is 19.8 Å². The molecule has 5 heteroatoms. The van der Waals surface area contributed by atoms with E-state index >= 15 is 0 Å². The first kappa shape index (κ1) is 16.0. The maximum absolute atomic E-state index is 11.8. The molecule has 20 heavy (non-hydrogen) atoms. The maximum Gasteiger partial charge on any atom is 0.306 e. The van der Waals surface area contributed by atoms with E-state index in [2.05, 4.69) is 0 Å². The zero-order valence-corrected chi connectivity index (χ0v) is 12.2. The fourth-order valence-electron chi connectivity index (χ4n) is 1.85. The average molecular weight is 279 g/mol. The zero-order chi connectivity index (χ0) is 15.0. The molecule has 0 unspecified atom stereocenters. The van der Waals surface area contributed by atoms with Crippen LogP contribution in [-0.4, -0.2) is 39.1 Å². The van der Waals surface area contributed by atoms with Gasteiger partial charge in [-0.25, -0.2) is 0 Å². The molecule has 0 amide bonds. The average Bonchev–Trinajstić information content (AvgIpc) is 2.45. The van der Waals surface area contributed by atoms with E-state index in [-0.39, 0.29) is 31.1 Å². The molecule has 5 nitrogen and oxygen atoms in total. The van der Waals surface area contributed by atoms with Gasteiger partial charge in [0.05, 0.1) is 32.4 Å². The third-order valence-corrected chi connectivity index (χ3v) is 2.82. The van der Waals surface area contributed by atoms with Crippen LogP contribution < -0.4 is 9.64 Å². The molecule has 0 bridgehead atoms. The second-order valence-corrected chi connectivity index (χ2v) is 4.37. The molecular formula is C15H21NO4. The number of esters is 1. The first-order valence-electron chi connectivity index (χ1n) is 6.60. The third kappa shape index (κ3) is 4.91. The Morgan fingerprint density at radius 1 is 1.20 bits per heavy atom. The van der Waals surface area contributed by atoms with E-state index < -0.39 is 0 Å². The van der Waals surface area contributed by atoms with Gasteiger partial charge in [-0.05, 0) is 19.1 Å². The van der Waals surface area contributed by atoms with Crippen LogP contribution in [0.25, 0.3) is 0 Å². The summed E-state index contributed by atoms with van der Waals surface area (Å²) >= 11 is 0. The lowest BCUT2D eigenvalue weighted by molar-refractivity contribution is -0.144. The molecule has 0 heterocycles. The molecule has 0 atom stereocenters. The summed E-state index contributed by atoms with van der Waals surface area (Å²) in [5.74, 6) is 0.375. The number of benzene rings is 1. The fourth-order valence-corrected chi connectivity index (χ4v) is 1.85. The van der Waals surface area contributed by atoms with E-state index in [1.807, 2.05) is 36.2 Å². The van der Waals surface area contributed by atoms with Gasteiger partial charge in [0.1, 0.15) is 5.75 Å². The number of ether oxygens (including phenoxy) is 2. The molecule has 0 spiro atoms. The van der Waals surface area contributed by atoms with Gasteiger partial charge in [-0.2, -0.15) is 0 Å². The Balaban J connectivity index is 2.51. The number of likely N-dealkylation sites (N-methyl/N-ethyl adjacent to an activating group) is 1. The molecule has 1 aromatic rings. The number of rotatable bonds is 8. The molecule has 0 saturated carbocycles. The van der Waals surface area contributed by atoms with Crippen LogP contribution in [0.2, 0.25) is 0 Å². The summed E-state index contributed by atoms with van der Waals surface area (Å²) in [5.41, 5.74) is 0.847. The topological polar surface area (TPSA) is 55.8 Å². The van der Waals surface area contributed by atoms with Crippen molar-refractivity contribution in [1.82, 2.24) is 0 Å². The van der Waals surface area contributed by atoms with Gasteiger partial charge in [-0.15, -0.1) is 0 Å². The smallest absolute Gasteiger partial charge is 0.306 e. The SMILES string of the molecule is CCOC(=O)CCC(=O)CN(C)c1ccccc1OC. The van der Waals surface area contributed by atoms with Crippen LogP contribution in [0.4, 0.5) is 5.69 Å². The first-order valence-corrected chi connectivity index (χ1v) is 6.60. The highest BCUT2D eigenvalue weighted by atomic mass is 16.5. The van der Waals surface area contributed by atoms with E-state index in [1.54, 1.807) is 14.0 Å². The van der Waals surface area contributed by atoms with Crippen LogP contribution in [-0.2, 0) is 14.3 Å². The van der Waals surface area contributed by atoms with Crippen LogP contribution in [0.5, 0.6) is 5.75 Å². The van der Waals surface area contributed by atoms with Crippen molar-refractivity contribution >= 4 is 17.4 Å². The van der Waals surface area contributed by atoms with E-state index in [9.17, 15) is 9.59 Å². The van der Waals surface area contributed by atoms with Gasteiger partial charge in [0.25, 0.3) is 0 Å². The number of carbonyl (C=O) groups excluding carboxylic acids is 2. The van der Waals surface area contributed by atoms with Crippen LogP contribution in [0.15, 0.2) is 24.3 Å². The second kappa shape index (κ2) is 8.19. The van der Waals surface area contributed by atoms with Crippen molar-refractivity contribution in [1.29, 1.82) is 0 Å². The monoisotopic (exact) mass is 279 g/mol. The first-order chi connectivity index (χ1) is 9.58. The standard InChI is InChI=1S/C15H21NO4/c1-4-20-15(18)10-9-12(17)11-16(2)13-7-5-6-8-14(13)19-3/h5-8H,4,9-11H2,1-3H3. The van der Waals surface area contributed by atoms with E-state index in [1.165, 1.54) is 0 Å². The predicted molar refractivity (Wildman–Crippen MR) is 77.1 cm³/mol. The Kier molecular flexibility index (Phi) is 6.56. The Hall–Kier alpha value is -2.04. The molecule has 0 N–H and O–H groups in total. The molecule has 110 valence electrons. The number of methoxy groups -OCH3 is 1. The lowest BCUT2D eigenvalue weighted by atomic mass is 10.2. The summed E-state index contributed by atoms with van der Waals surface area (Å²) in [4.78, 5) is 24.9. The minimum Gasteiger partial charge on any atom is -0.495 e. The van der Waals surface area contributed by atoms with Crippen molar-refractivity contribution < 1.29 is 19.1 Å². The minimum atomic E-state index is -0.333. The molecule has 0 aromatic heterocycles. The van der Waals surface area contributed by atoms with Gasteiger partial charge < -0.3 is 14.4 Å². The van der Waals surface area contributed by atoms with Crippen LogP contribution in [0.3, 0.4) is 0 Å². The number of ketones is 1. The number of anilines is 1. The zero-order valence-electron chi connectivity index (χ0n) is 12.2. The Morgan fingerprint density at radius 2 is 1.90 bits per heavy atom. The van der Waals surface area contributed by atoms with Gasteiger partial charge in [-0.1, -0.05) is 12.1 Å². The Morgan fingerprint density at radius 3 is 2.55 bits per heavy atom. The van der Waals surface area contributed by atoms with Gasteiger partial charge in [0.2, 0.25) is 0 Å². The Bertz CT molecular complexity index is 459. The summed E-state index contributed by atoms with van der Waals surface area (Å²) in [6, 6.07) is 7.49. The van der Waals surface area contributed by atoms with Crippen molar-refractivity contribution in [2.45, 2.75) is 19.8 Å². The van der Waals surface area contributed by atoms with Gasteiger partial charge in [-0.3, -0.25) is 9.59 Å². The third-order valence-electron chi connectivity index (χ3n) is 2.82. The van der Waals surface area contributed by atoms with Crippen LogP contribution in [0, 0.1) is 0 Å². The van der Waals surface area contributed by atoms with Gasteiger partial charge in [0, 0.05) is 13.5 Å². The molecule has 0 aliphatic heterocycles. The lowest BCUT2D eigenvalue weighted by Crippen LogP contribution is -2.26. The normalized spacial score (nSPS) is 9.95. The van der Waals surface area contributed by atoms with Crippen molar-refractivity contribution in [3.8, 4) is 5.75 Å². The highest BCUT2D eigenvalue weighted by molar-refractivity contribution is 5.86. The van der Waals surface area contributed by atoms with E-state index in [0.717, 1.165) is 5.69 Å². The summed E-state index contributed by atoms with van der Waals surface area (Å²) in [7, 11) is 3.41. The molecular weight excluding hydrogens is 258 g/mol. The number of Topliss-reactive ketones (excluding diaryl/α,β-unsaturated/α-hetero) is 1. The fraction of sp³-hybridized carbons (Fsp3) is 0.467. The summed E-state index contributed by atoms with van der Waals surface area (Å²) < 4.78 is 10.0. The van der Waals surface area contributed by atoms with Gasteiger partial charge in [0.15, 0.2) is 5.78 Å². The number of carbonyl (C=O) groups is 2. The number of hydrogen-bond donors (Lipinski definition) is 0. The maximum atomic E-state index is 11.8. The largest absolute Gasteiger partial charge is 0.495 e. The molecule has 0 radical (unpaired) electrons. The van der Waals surface area contributed by atoms with Gasteiger partial charge >= 0.3 is 5.97 Å². The molecule has 1 rings (SSSR count). The molecule has 0 fully saturated rings. The molecule has 1 aromatic carbocycles.